The van der Waals surface area contributed by atoms with E-state index >= 15 is 0 Å². The molecular weight excluding hydrogens is 501 g/mol. The van der Waals surface area contributed by atoms with Crippen LogP contribution in [0.5, 0.6) is 17.2 Å². The van der Waals surface area contributed by atoms with Crippen molar-refractivity contribution in [2.24, 2.45) is 0 Å². The maximum atomic E-state index is 13.2. The van der Waals surface area contributed by atoms with Gasteiger partial charge in [-0.3, -0.25) is 0 Å². The van der Waals surface area contributed by atoms with Crippen LogP contribution in [0.1, 0.15) is 30.0 Å². The van der Waals surface area contributed by atoms with Gasteiger partial charge in [-0.05, 0) is 60.7 Å². The lowest BCUT2D eigenvalue weighted by Gasteiger charge is -2.27. The van der Waals surface area contributed by atoms with Gasteiger partial charge in [0.05, 0.1) is 10.0 Å². The third kappa shape index (κ3) is 5.47. The van der Waals surface area contributed by atoms with Crippen molar-refractivity contribution in [3.05, 3.63) is 81.8 Å². The molecule has 2 N–H and O–H groups in total. The average molecular weight is 522 g/mol. The second kappa shape index (κ2) is 10.2. The van der Waals surface area contributed by atoms with Gasteiger partial charge in [0.2, 0.25) is 10.0 Å². The molecular formula is C24H21Cl2NO6S. The van der Waals surface area contributed by atoms with Crippen LogP contribution < -0.4 is 14.2 Å². The van der Waals surface area contributed by atoms with Gasteiger partial charge in [0.1, 0.15) is 22.1 Å². The summed E-state index contributed by atoms with van der Waals surface area (Å²) >= 11 is 12.4. The van der Waals surface area contributed by atoms with Gasteiger partial charge in [-0.15, -0.1) is 0 Å². The number of carbonyl (C=O) groups is 1. The molecule has 10 heteroatoms. The van der Waals surface area contributed by atoms with Crippen molar-refractivity contribution in [2.45, 2.75) is 30.2 Å². The Labute approximate surface area is 207 Å². The minimum Gasteiger partial charge on any atom is -0.482 e. The number of para-hydroxylation sites is 1. The fraction of sp³-hybridized carbons (Fsp3) is 0.208. The number of nitrogens with one attached hydrogen (secondary N) is 1. The van der Waals surface area contributed by atoms with Crippen LogP contribution in [0.3, 0.4) is 0 Å². The summed E-state index contributed by atoms with van der Waals surface area (Å²) in [4.78, 5) is 10.8. The molecule has 34 heavy (non-hydrogen) atoms. The third-order valence-corrected chi connectivity index (χ3v) is 7.64. The standard InChI is InChI=1S/C24H21Cl2NO6S/c25-18-7-1-2-9-22(18)33-15-11-12-23(19(26)13-15)34(30,31)27-20-8-3-6-17-16(20)5-4-10-21(17)32-14-24(28)29/h1-2,4-5,7,9-13,20,27H,3,6,8,14H2,(H,28,29). The summed E-state index contributed by atoms with van der Waals surface area (Å²) < 4.78 is 40.2. The minimum atomic E-state index is -3.97. The largest absolute Gasteiger partial charge is 0.482 e. The first-order valence-electron chi connectivity index (χ1n) is 10.5. The van der Waals surface area contributed by atoms with Crippen LogP contribution >= 0.6 is 23.2 Å². The van der Waals surface area contributed by atoms with Crippen LogP contribution in [0.25, 0.3) is 0 Å². The monoisotopic (exact) mass is 521 g/mol. The van der Waals surface area contributed by atoms with E-state index in [1.165, 1.54) is 18.2 Å². The number of rotatable bonds is 8. The maximum Gasteiger partial charge on any atom is 0.341 e. The van der Waals surface area contributed by atoms with E-state index in [0.29, 0.717) is 41.5 Å². The summed E-state index contributed by atoms with van der Waals surface area (Å²) in [6, 6.07) is 16.0. The van der Waals surface area contributed by atoms with Gasteiger partial charge in [0, 0.05) is 12.1 Å². The zero-order valence-corrected chi connectivity index (χ0v) is 20.2. The number of sulfonamides is 1. The molecule has 0 radical (unpaired) electrons. The van der Waals surface area contributed by atoms with Gasteiger partial charge in [-0.25, -0.2) is 17.9 Å². The normalized spacial score (nSPS) is 15.4. The Hall–Kier alpha value is -2.78. The molecule has 0 spiro atoms. The quantitative estimate of drug-likeness (QED) is 0.399. The highest BCUT2D eigenvalue weighted by atomic mass is 35.5. The van der Waals surface area contributed by atoms with Crippen molar-refractivity contribution in [2.75, 3.05) is 6.61 Å². The fourth-order valence-electron chi connectivity index (χ4n) is 3.88. The molecule has 7 nitrogen and oxygen atoms in total. The van der Waals surface area contributed by atoms with Crippen LogP contribution in [0.15, 0.2) is 65.6 Å². The molecule has 0 saturated carbocycles. The molecule has 1 aliphatic rings. The molecule has 1 aliphatic carbocycles. The number of carboxylic acid groups (broad SMARTS) is 1. The SMILES string of the molecule is O=C(O)COc1cccc2c1CCCC2NS(=O)(=O)c1ccc(Oc2ccccc2Cl)cc1Cl. The second-order valence-electron chi connectivity index (χ2n) is 7.70. The Morgan fingerprint density at radius 3 is 2.53 bits per heavy atom. The lowest BCUT2D eigenvalue weighted by molar-refractivity contribution is -0.139. The first-order valence-corrected chi connectivity index (χ1v) is 12.7. The predicted octanol–water partition coefficient (Wildman–Crippen LogP) is 5.61. The molecule has 3 aromatic carbocycles. The van der Waals surface area contributed by atoms with Crippen LogP contribution in [0, 0.1) is 0 Å². The van der Waals surface area contributed by atoms with E-state index in [1.807, 2.05) is 6.07 Å². The van der Waals surface area contributed by atoms with Gasteiger partial charge in [0.15, 0.2) is 6.61 Å². The smallest absolute Gasteiger partial charge is 0.341 e. The summed E-state index contributed by atoms with van der Waals surface area (Å²) in [5.74, 6) is 0.138. The van der Waals surface area contributed by atoms with Crippen molar-refractivity contribution < 1.29 is 27.8 Å². The topological polar surface area (TPSA) is 102 Å². The Morgan fingerprint density at radius 1 is 1.03 bits per heavy atom. The van der Waals surface area contributed by atoms with E-state index in [0.717, 1.165) is 11.1 Å². The van der Waals surface area contributed by atoms with Crippen molar-refractivity contribution in [3.63, 3.8) is 0 Å². The third-order valence-electron chi connectivity index (χ3n) is 5.37. The predicted molar refractivity (Wildman–Crippen MR) is 129 cm³/mol. The molecule has 0 fully saturated rings. The van der Waals surface area contributed by atoms with E-state index in [4.69, 9.17) is 37.8 Å². The van der Waals surface area contributed by atoms with Crippen molar-refractivity contribution >= 4 is 39.2 Å². The van der Waals surface area contributed by atoms with Crippen LogP contribution in [-0.4, -0.2) is 26.1 Å². The molecule has 1 atom stereocenters. The second-order valence-corrected chi connectivity index (χ2v) is 10.2. The molecule has 1 unspecified atom stereocenters. The minimum absolute atomic E-state index is 0.00614. The lowest BCUT2D eigenvalue weighted by atomic mass is 9.87. The van der Waals surface area contributed by atoms with Crippen LogP contribution in [0.2, 0.25) is 10.0 Å². The van der Waals surface area contributed by atoms with Crippen molar-refractivity contribution in [1.29, 1.82) is 0 Å². The highest BCUT2D eigenvalue weighted by Crippen LogP contribution is 2.37. The summed E-state index contributed by atoms with van der Waals surface area (Å²) in [7, 11) is -3.97. The van der Waals surface area contributed by atoms with Gasteiger partial charge in [0.25, 0.3) is 0 Å². The Bertz CT molecular complexity index is 1330. The number of hydrogen-bond acceptors (Lipinski definition) is 5. The van der Waals surface area contributed by atoms with E-state index in [9.17, 15) is 13.2 Å². The van der Waals surface area contributed by atoms with Gasteiger partial charge in [-0.1, -0.05) is 47.5 Å². The number of hydrogen-bond donors (Lipinski definition) is 2. The van der Waals surface area contributed by atoms with Crippen molar-refractivity contribution in [1.82, 2.24) is 4.72 Å². The Kier molecular flexibility index (Phi) is 7.33. The zero-order chi connectivity index (χ0) is 24.3. The number of fused-ring (bicyclic) bond motifs is 1. The molecule has 0 heterocycles. The summed E-state index contributed by atoms with van der Waals surface area (Å²) in [6.07, 6.45) is 1.96. The molecule has 0 aliphatic heterocycles. The van der Waals surface area contributed by atoms with Crippen LogP contribution in [0.4, 0.5) is 0 Å². The Balaban J connectivity index is 1.56. The van der Waals surface area contributed by atoms with Gasteiger partial charge in [-0.2, -0.15) is 0 Å². The van der Waals surface area contributed by atoms with E-state index in [1.54, 1.807) is 36.4 Å². The fourth-order valence-corrected chi connectivity index (χ4v) is 5.84. The first-order chi connectivity index (χ1) is 16.2. The molecule has 0 bridgehead atoms. The summed E-state index contributed by atoms with van der Waals surface area (Å²) in [5.41, 5.74) is 1.56. The summed E-state index contributed by atoms with van der Waals surface area (Å²) in [6.45, 7) is -0.467. The lowest BCUT2D eigenvalue weighted by Crippen LogP contribution is -2.31. The zero-order valence-electron chi connectivity index (χ0n) is 17.8. The van der Waals surface area contributed by atoms with E-state index < -0.39 is 28.6 Å². The summed E-state index contributed by atoms with van der Waals surface area (Å²) in [5, 5.41) is 9.33. The first kappa shape index (κ1) is 24.3. The van der Waals surface area contributed by atoms with Crippen molar-refractivity contribution in [3.8, 4) is 17.2 Å². The number of benzene rings is 3. The molecule has 178 valence electrons. The molecule has 4 rings (SSSR count). The maximum absolute atomic E-state index is 13.2. The molecule has 0 aromatic heterocycles. The van der Waals surface area contributed by atoms with Crippen LogP contribution in [-0.2, 0) is 21.2 Å². The number of ether oxygens (including phenoxy) is 2. The van der Waals surface area contributed by atoms with E-state index in [2.05, 4.69) is 4.72 Å². The highest BCUT2D eigenvalue weighted by Gasteiger charge is 2.29. The molecule has 0 amide bonds. The molecule has 0 saturated heterocycles. The highest BCUT2D eigenvalue weighted by molar-refractivity contribution is 7.89. The molecule has 3 aromatic rings. The van der Waals surface area contributed by atoms with Gasteiger partial charge < -0.3 is 14.6 Å². The number of carboxylic acids is 1. The number of aliphatic carboxylic acids is 1. The number of halogens is 2. The van der Waals surface area contributed by atoms with E-state index in [-0.39, 0.29) is 9.92 Å². The average Bonchev–Trinajstić information content (AvgIpc) is 2.79. The van der Waals surface area contributed by atoms with Gasteiger partial charge >= 0.3 is 5.97 Å². The Morgan fingerprint density at radius 2 is 1.79 bits per heavy atom.